The summed E-state index contributed by atoms with van der Waals surface area (Å²) >= 11 is 0. The van der Waals surface area contributed by atoms with Gasteiger partial charge in [0.2, 0.25) is 0 Å². The second-order valence-corrected chi connectivity index (χ2v) is 18.8. The molecule has 0 amide bonds. The fourth-order valence-corrected chi connectivity index (χ4v) is 11.3. The molecule has 0 unspecified atom stereocenters. The van der Waals surface area contributed by atoms with E-state index in [2.05, 4.69) is 252 Å². The van der Waals surface area contributed by atoms with Crippen LogP contribution >= 0.6 is 0 Å². The summed E-state index contributed by atoms with van der Waals surface area (Å²) in [5.74, 6) is 1.86. The standard InChI is InChI=1S/C67H41N5/c1-2-15-42(16-3-1)46-22-14-23-49(37-46)65-68-66(50-30-29-43-17-4-5-19-45(43)38-50)70-67(69-65)57-34-36-61(54-26-11-10-25-53(54)57)72-62-35-32-51(41-59(62)58-39-47-20-6-7-21-48(47)40-63(58)72)71-60-28-13-12-27-55(60)56-33-31-44-18-8-9-24-52(44)64(56)71/h1-41H. The van der Waals surface area contributed by atoms with Crippen LogP contribution in [-0.4, -0.2) is 24.1 Å². The van der Waals surface area contributed by atoms with Crippen molar-refractivity contribution in [2.75, 3.05) is 0 Å². The van der Waals surface area contributed by atoms with Crippen molar-refractivity contribution in [3.05, 3.63) is 249 Å². The van der Waals surface area contributed by atoms with Gasteiger partial charge in [-0.05, 0) is 104 Å². The Morgan fingerprint density at radius 1 is 0.250 bits per heavy atom. The molecule has 0 radical (unpaired) electrons. The fraction of sp³-hybridized carbons (Fsp3) is 0. The van der Waals surface area contributed by atoms with Crippen LogP contribution in [0.1, 0.15) is 0 Å². The molecule has 5 heteroatoms. The van der Waals surface area contributed by atoms with Gasteiger partial charge in [-0.25, -0.2) is 15.0 Å². The summed E-state index contributed by atoms with van der Waals surface area (Å²) in [4.78, 5) is 15.9. The number of hydrogen-bond donors (Lipinski definition) is 0. The first-order valence-corrected chi connectivity index (χ1v) is 24.5. The molecule has 12 aromatic carbocycles. The van der Waals surface area contributed by atoms with Crippen molar-refractivity contribution in [1.82, 2.24) is 24.1 Å². The Hall–Kier alpha value is -9.71. The van der Waals surface area contributed by atoms with Gasteiger partial charge < -0.3 is 9.13 Å². The first kappa shape index (κ1) is 40.2. The Morgan fingerprint density at radius 2 is 0.833 bits per heavy atom. The highest BCUT2D eigenvalue weighted by Crippen LogP contribution is 2.42. The van der Waals surface area contributed by atoms with E-state index in [1.165, 1.54) is 59.5 Å². The fourth-order valence-electron chi connectivity index (χ4n) is 11.3. The first-order chi connectivity index (χ1) is 35.7. The molecule has 15 rings (SSSR count). The lowest BCUT2D eigenvalue weighted by Crippen LogP contribution is -2.02. The molecule has 0 spiro atoms. The first-order valence-electron chi connectivity index (χ1n) is 24.5. The van der Waals surface area contributed by atoms with Gasteiger partial charge in [-0.15, -0.1) is 0 Å². The Balaban J connectivity index is 0.956. The highest BCUT2D eigenvalue weighted by molar-refractivity contribution is 6.20. The molecule has 72 heavy (non-hydrogen) atoms. The van der Waals surface area contributed by atoms with Crippen molar-refractivity contribution in [1.29, 1.82) is 0 Å². The van der Waals surface area contributed by atoms with Gasteiger partial charge in [0.15, 0.2) is 17.5 Å². The molecule has 334 valence electrons. The second kappa shape index (κ2) is 15.9. The van der Waals surface area contributed by atoms with Crippen LogP contribution in [-0.2, 0) is 0 Å². The van der Waals surface area contributed by atoms with Gasteiger partial charge in [0.05, 0.1) is 27.8 Å². The highest BCUT2D eigenvalue weighted by atomic mass is 15.0. The Kier molecular flexibility index (Phi) is 8.89. The summed E-state index contributed by atoms with van der Waals surface area (Å²) in [5.41, 5.74) is 11.9. The zero-order valence-corrected chi connectivity index (χ0v) is 38.9. The largest absolute Gasteiger partial charge is 0.309 e. The number of para-hydroxylation sites is 1. The van der Waals surface area contributed by atoms with Crippen molar-refractivity contribution >= 4 is 86.7 Å². The average Bonchev–Trinajstić information content (AvgIpc) is 3.96. The maximum Gasteiger partial charge on any atom is 0.164 e. The average molecular weight is 916 g/mol. The Morgan fingerprint density at radius 3 is 1.65 bits per heavy atom. The smallest absolute Gasteiger partial charge is 0.164 e. The minimum absolute atomic E-state index is 0.618. The SMILES string of the molecule is c1ccc(-c2cccc(-c3nc(-c4ccc5ccccc5c4)nc(-c4ccc(-n5c6ccc(-n7c8ccccc8c8ccc9ccccc9c87)cc6c6cc7ccccc7cc65)c5ccccc45)n3)c2)cc1. The molecule has 0 aliphatic rings. The van der Waals surface area contributed by atoms with Gasteiger partial charge in [-0.2, -0.15) is 0 Å². The van der Waals surface area contributed by atoms with E-state index in [9.17, 15) is 0 Å². The van der Waals surface area contributed by atoms with Gasteiger partial charge in [0.25, 0.3) is 0 Å². The summed E-state index contributed by atoms with van der Waals surface area (Å²) in [6, 6.07) is 89.5. The molecule has 0 saturated heterocycles. The van der Waals surface area contributed by atoms with E-state index in [4.69, 9.17) is 15.0 Å². The highest BCUT2D eigenvalue weighted by Gasteiger charge is 2.22. The van der Waals surface area contributed by atoms with Crippen LogP contribution in [0.3, 0.4) is 0 Å². The molecule has 3 heterocycles. The third kappa shape index (κ3) is 6.31. The van der Waals surface area contributed by atoms with E-state index in [0.717, 1.165) is 66.4 Å². The summed E-state index contributed by atoms with van der Waals surface area (Å²) in [6.07, 6.45) is 0. The summed E-state index contributed by atoms with van der Waals surface area (Å²) < 4.78 is 4.93. The molecule has 0 aliphatic heterocycles. The minimum Gasteiger partial charge on any atom is -0.309 e. The van der Waals surface area contributed by atoms with Crippen LogP contribution in [0.4, 0.5) is 0 Å². The zero-order chi connectivity index (χ0) is 47.3. The third-order valence-electron chi connectivity index (χ3n) is 14.7. The van der Waals surface area contributed by atoms with Gasteiger partial charge in [0, 0.05) is 54.7 Å². The second-order valence-electron chi connectivity index (χ2n) is 18.8. The molecule has 5 nitrogen and oxygen atoms in total. The number of nitrogens with zero attached hydrogens (tertiary/aromatic N) is 5. The topological polar surface area (TPSA) is 48.5 Å². The number of benzene rings is 12. The van der Waals surface area contributed by atoms with E-state index < -0.39 is 0 Å². The summed E-state index contributed by atoms with van der Waals surface area (Å²) in [7, 11) is 0. The van der Waals surface area contributed by atoms with Crippen LogP contribution < -0.4 is 0 Å². The summed E-state index contributed by atoms with van der Waals surface area (Å²) in [5, 5.41) is 14.2. The van der Waals surface area contributed by atoms with Crippen LogP contribution in [0.5, 0.6) is 0 Å². The third-order valence-corrected chi connectivity index (χ3v) is 14.7. The van der Waals surface area contributed by atoms with Crippen molar-refractivity contribution in [3.63, 3.8) is 0 Å². The van der Waals surface area contributed by atoms with E-state index in [1.807, 2.05) is 6.07 Å². The quantitative estimate of drug-likeness (QED) is 0.167. The normalized spacial score (nSPS) is 11.9. The van der Waals surface area contributed by atoms with Gasteiger partial charge in [-0.1, -0.05) is 188 Å². The molecule has 0 saturated carbocycles. The van der Waals surface area contributed by atoms with Gasteiger partial charge in [-0.3, -0.25) is 0 Å². The molecule has 15 aromatic rings. The lowest BCUT2D eigenvalue weighted by atomic mass is 10.0. The number of aromatic nitrogens is 5. The van der Waals surface area contributed by atoms with Crippen molar-refractivity contribution < 1.29 is 0 Å². The Labute approximate surface area is 414 Å². The molecule has 0 bridgehead atoms. The van der Waals surface area contributed by atoms with Crippen molar-refractivity contribution in [3.8, 4) is 56.7 Å². The lowest BCUT2D eigenvalue weighted by Gasteiger charge is -2.16. The number of hydrogen-bond acceptors (Lipinski definition) is 3. The number of fused-ring (bicyclic) bond motifs is 11. The molecule has 0 N–H and O–H groups in total. The van der Waals surface area contributed by atoms with Crippen molar-refractivity contribution in [2.45, 2.75) is 0 Å². The van der Waals surface area contributed by atoms with E-state index in [-0.39, 0.29) is 0 Å². The molecule has 3 aromatic heterocycles. The molecule has 0 fully saturated rings. The molecular weight excluding hydrogens is 875 g/mol. The van der Waals surface area contributed by atoms with Crippen LogP contribution in [0.15, 0.2) is 249 Å². The van der Waals surface area contributed by atoms with Crippen molar-refractivity contribution in [2.24, 2.45) is 0 Å². The monoisotopic (exact) mass is 915 g/mol. The predicted molar refractivity (Wildman–Crippen MR) is 300 cm³/mol. The van der Waals surface area contributed by atoms with E-state index in [0.29, 0.717) is 17.5 Å². The molecular formula is C67H41N5. The van der Waals surface area contributed by atoms with Crippen LogP contribution in [0, 0.1) is 0 Å². The van der Waals surface area contributed by atoms with E-state index >= 15 is 0 Å². The maximum absolute atomic E-state index is 5.34. The van der Waals surface area contributed by atoms with E-state index in [1.54, 1.807) is 0 Å². The maximum atomic E-state index is 5.34. The Bertz CT molecular complexity index is 4700. The predicted octanol–water partition coefficient (Wildman–Crippen LogP) is 17.3. The number of rotatable bonds is 6. The zero-order valence-electron chi connectivity index (χ0n) is 38.9. The summed E-state index contributed by atoms with van der Waals surface area (Å²) in [6.45, 7) is 0. The minimum atomic E-state index is 0.618. The molecule has 0 atom stereocenters. The molecule has 0 aliphatic carbocycles. The van der Waals surface area contributed by atoms with Crippen LogP contribution in [0.2, 0.25) is 0 Å². The van der Waals surface area contributed by atoms with Gasteiger partial charge >= 0.3 is 0 Å². The van der Waals surface area contributed by atoms with Gasteiger partial charge in [0.1, 0.15) is 0 Å². The lowest BCUT2D eigenvalue weighted by molar-refractivity contribution is 1.08. The van der Waals surface area contributed by atoms with Crippen LogP contribution in [0.25, 0.3) is 143 Å².